The molecule has 1 rings (SSSR count). The predicted octanol–water partition coefficient (Wildman–Crippen LogP) is 1.86. The van der Waals surface area contributed by atoms with E-state index in [4.69, 9.17) is 4.74 Å². The summed E-state index contributed by atoms with van der Waals surface area (Å²) in [5.74, 6) is 1.76. The fourth-order valence-electron chi connectivity index (χ4n) is 1.73. The number of hydrogen-bond acceptors (Lipinski definition) is 4. The molecule has 0 unspecified atom stereocenters. The molecule has 0 saturated heterocycles. The van der Waals surface area contributed by atoms with Crippen LogP contribution in [0.5, 0.6) is 0 Å². The van der Waals surface area contributed by atoms with Crippen molar-refractivity contribution in [3.05, 3.63) is 23.9 Å². The van der Waals surface area contributed by atoms with Gasteiger partial charge in [0.25, 0.3) is 0 Å². The number of nitrogens with one attached hydrogen (secondary N) is 2. The highest BCUT2D eigenvalue weighted by Crippen LogP contribution is 2.08. The molecular weight excluding hydrogens is 393 g/mol. The molecule has 1 heterocycles. The molecule has 1 aromatic rings. The highest BCUT2D eigenvalue weighted by molar-refractivity contribution is 14.0. The van der Waals surface area contributed by atoms with Gasteiger partial charge in [-0.2, -0.15) is 0 Å². The van der Waals surface area contributed by atoms with E-state index in [-0.39, 0.29) is 24.0 Å². The highest BCUT2D eigenvalue weighted by Gasteiger charge is 2.01. The third-order valence-corrected chi connectivity index (χ3v) is 2.81. The third kappa shape index (κ3) is 8.38. The molecule has 0 radical (unpaired) electrons. The zero-order chi connectivity index (χ0) is 15.5. The van der Waals surface area contributed by atoms with Gasteiger partial charge < -0.3 is 20.3 Å². The van der Waals surface area contributed by atoms with Gasteiger partial charge in [0.1, 0.15) is 5.82 Å². The topological polar surface area (TPSA) is 61.8 Å². The van der Waals surface area contributed by atoms with Crippen LogP contribution in [0, 0.1) is 0 Å². The minimum absolute atomic E-state index is 0. The average molecular weight is 421 g/mol. The van der Waals surface area contributed by atoms with Crippen molar-refractivity contribution in [3.8, 4) is 0 Å². The van der Waals surface area contributed by atoms with E-state index in [0.717, 1.165) is 43.6 Å². The zero-order valence-corrected chi connectivity index (χ0v) is 16.3. The summed E-state index contributed by atoms with van der Waals surface area (Å²) in [4.78, 5) is 11.1. The van der Waals surface area contributed by atoms with Crippen LogP contribution < -0.4 is 15.5 Å². The van der Waals surface area contributed by atoms with Gasteiger partial charge in [-0.05, 0) is 25.5 Å². The summed E-state index contributed by atoms with van der Waals surface area (Å²) in [5.41, 5.74) is 0.954. The Hall–Kier alpha value is -1.09. The normalized spacial score (nSPS) is 10.8. The largest absolute Gasteiger partial charge is 0.385 e. The second-order valence-electron chi connectivity index (χ2n) is 4.85. The van der Waals surface area contributed by atoms with Crippen molar-refractivity contribution in [1.29, 1.82) is 0 Å². The number of nitrogens with zero attached hydrogens (tertiary/aromatic N) is 3. The van der Waals surface area contributed by atoms with Crippen LogP contribution in [0.4, 0.5) is 5.82 Å². The molecule has 1 aromatic heterocycles. The number of aliphatic imine (C=N–C) groups is 1. The van der Waals surface area contributed by atoms with E-state index in [2.05, 4.69) is 27.5 Å². The van der Waals surface area contributed by atoms with Gasteiger partial charge in [-0.15, -0.1) is 24.0 Å². The van der Waals surface area contributed by atoms with Crippen LogP contribution in [0.15, 0.2) is 23.2 Å². The Morgan fingerprint density at radius 1 is 1.32 bits per heavy atom. The molecule has 0 fully saturated rings. The standard InChI is InChI=1S/C15H27N5O.HI/c1-5-16-15(17-10-7-11-21-4)18-12-13-8-6-9-14(19-13)20(2)3;/h6,8-9H,5,7,10-12H2,1-4H3,(H2,16,17,18);1H. The van der Waals surface area contributed by atoms with Crippen molar-refractivity contribution in [2.24, 2.45) is 4.99 Å². The lowest BCUT2D eigenvalue weighted by molar-refractivity contribution is 0.195. The number of guanidine groups is 1. The number of anilines is 1. The quantitative estimate of drug-likeness (QED) is 0.291. The smallest absolute Gasteiger partial charge is 0.191 e. The molecule has 0 saturated carbocycles. The van der Waals surface area contributed by atoms with E-state index in [1.54, 1.807) is 7.11 Å². The highest BCUT2D eigenvalue weighted by atomic mass is 127. The molecule has 0 aliphatic rings. The van der Waals surface area contributed by atoms with Gasteiger partial charge >= 0.3 is 0 Å². The zero-order valence-electron chi connectivity index (χ0n) is 13.9. The molecule has 0 atom stereocenters. The van der Waals surface area contributed by atoms with E-state index in [0.29, 0.717) is 6.54 Å². The second-order valence-corrected chi connectivity index (χ2v) is 4.85. The fraction of sp³-hybridized carbons (Fsp3) is 0.600. The summed E-state index contributed by atoms with van der Waals surface area (Å²) < 4.78 is 5.03. The second kappa shape index (κ2) is 12.5. The Morgan fingerprint density at radius 3 is 2.73 bits per heavy atom. The van der Waals surface area contributed by atoms with E-state index in [9.17, 15) is 0 Å². The van der Waals surface area contributed by atoms with Gasteiger partial charge in [0, 0.05) is 40.9 Å². The van der Waals surface area contributed by atoms with Crippen molar-refractivity contribution in [2.75, 3.05) is 45.8 Å². The maximum absolute atomic E-state index is 5.03. The van der Waals surface area contributed by atoms with Crippen molar-refractivity contribution in [3.63, 3.8) is 0 Å². The van der Waals surface area contributed by atoms with Crippen molar-refractivity contribution in [1.82, 2.24) is 15.6 Å². The lowest BCUT2D eigenvalue weighted by atomic mass is 10.3. The molecule has 0 aliphatic carbocycles. The molecule has 0 bridgehead atoms. The summed E-state index contributed by atoms with van der Waals surface area (Å²) in [5, 5.41) is 6.51. The lowest BCUT2D eigenvalue weighted by Crippen LogP contribution is -2.38. The minimum Gasteiger partial charge on any atom is -0.385 e. The first-order valence-electron chi connectivity index (χ1n) is 7.31. The number of pyridine rings is 1. The van der Waals surface area contributed by atoms with Crippen molar-refractivity contribution < 1.29 is 4.74 Å². The van der Waals surface area contributed by atoms with Crippen molar-refractivity contribution in [2.45, 2.75) is 19.9 Å². The summed E-state index contributed by atoms with van der Waals surface area (Å²) in [7, 11) is 5.68. The SMILES string of the molecule is CCNC(=NCc1cccc(N(C)C)n1)NCCCOC.I. The molecule has 0 aromatic carbocycles. The van der Waals surface area contributed by atoms with Crippen LogP contribution in [-0.4, -0.2) is 51.8 Å². The van der Waals surface area contributed by atoms with Crippen LogP contribution in [0.25, 0.3) is 0 Å². The van der Waals surface area contributed by atoms with Crippen LogP contribution in [0.3, 0.4) is 0 Å². The van der Waals surface area contributed by atoms with Crippen LogP contribution in [0.2, 0.25) is 0 Å². The Balaban J connectivity index is 0.00000441. The van der Waals surface area contributed by atoms with E-state index < -0.39 is 0 Å². The number of rotatable bonds is 8. The van der Waals surface area contributed by atoms with E-state index in [1.165, 1.54) is 0 Å². The molecule has 126 valence electrons. The van der Waals surface area contributed by atoms with E-state index in [1.807, 2.05) is 37.2 Å². The lowest BCUT2D eigenvalue weighted by Gasteiger charge is -2.13. The van der Waals surface area contributed by atoms with Gasteiger partial charge in [0.2, 0.25) is 0 Å². The molecule has 0 spiro atoms. The molecular formula is C15H28IN5O. The van der Waals surface area contributed by atoms with E-state index >= 15 is 0 Å². The van der Waals surface area contributed by atoms with Gasteiger partial charge in [-0.3, -0.25) is 0 Å². The molecule has 6 nitrogen and oxygen atoms in total. The maximum atomic E-state index is 5.03. The first kappa shape index (κ1) is 20.9. The molecule has 22 heavy (non-hydrogen) atoms. The molecule has 0 amide bonds. The van der Waals surface area contributed by atoms with Gasteiger partial charge in [0.05, 0.1) is 12.2 Å². The first-order chi connectivity index (χ1) is 10.2. The summed E-state index contributed by atoms with van der Waals surface area (Å²) in [6.45, 7) is 5.03. The van der Waals surface area contributed by atoms with Gasteiger partial charge in [0.15, 0.2) is 5.96 Å². The van der Waals surface area contributed by atoms with Crippen LogP contribution in [0.1, 0.15) is 19.0 Å². The van der Waals surface area contributed by atoms with Crippen LogP contribution in [-0.2, 0) is 11.3 Å². The Morgan fingerprint density at radius 2 is 2.09 bits per heavy atom. The number of ether oxygens (including phenoxy) is 1. The Kier molecular flexibility index (Phi) is 11.8. The van der Waals surface area contributed by atoms with Crippen LogP contribution >= 0.6 is 24.0 Å². The maximum Gasteiger partial charge on any atom is 0.191 e. The predicted molar refractivity (Wildman–Crippen MR) is 103 cm³/mol. The van der Waals surface area contributed by atoms with Gasteiger partial charge in [-0.1, -0.05) is 6.07 Å². The third-order valence-electron chi connectivity index (χ3n) is 2.81. The summed E-state index contributed by atoms with van der Waals surface area (Å²) >= 11 is 0. The monoisotopic (exact) mass is 421 g/mol. The minimum atomic E-state index is 0. The fourth-order valence-corrected chi connectivity index (χ4v) is 1.73. The number of methoxy groups -OCH3 is 1. The number of aromatic nitrogens is 1. The van der Waals surface area contributed by atoms with Gasteiger partial charge in [-0.25, -0.2) is 9.98 Å². The Labute approximate surface area is 150 Å². The molecule has 2 N–H and O–H groups in total. The van der Waals surface area contributed by atoms with Crippen molar-refractivity contribution >= 4 is 35.8 Å². The first-order valence-corrected chi connectivity index (χ1v) is 7.31. The molecule has 7 heteroatoms. The number of hydrogen-bond donors (Lipinski definition) is 2. The summed E-state index contributed by atoms with van der Waals surface area (Å²) in [6, 6.07) is 5.98. The Bertz CT molecular complexity index is 440. The summed E-state index contributed by atoms with van der Waals surface area (Å²) in [6.07, 6.45) is 0.954. The molecule has 0 aliphatic heterocycles. The number of halogens is 1. The average Bonchev–Trinajstić information content (AvgIpc) is 2.49.